The summed E-state index contributed by atoms with van der Waals surface area (Å²) in [6.07, 6.45) is 1.16. The summed E-state index contributed by atoms with van der Waals surface area (Å²) in [5.74, 6) is -0.509. The van der Waals surface area contributed by atoms with Crippen molar-refractivity contribution in [3.05, 3.63) is 42.0 Å². The Kier molecular flexibility index (Phi) is 4.08. The molecule has 1 aliphatic carbocycles. The normalized spacial score (nSPS) is 26.0. The number of aryl methyl sites for hydroxylation is 1. The molecule has 1 saturated heterocycles. The van der Waals surface area contributed by atoms with E-state index in [9.17, 15) is 18.0 Å². The molecule has 0 spiro atoms. The van der Waals surface area contributed by atoms with Gasteiger partial charge in [0.1, 0.15) is 12.1 Å². The lowest BCUT2D eigenvalue weighted by Gasteiger charge is -2.29. The number of amides is 1. The summed E-state index contributed by atoms with van der Waals surface area (Å²) in [5, 5.41) is 0. The van der Waals surface area contributed by atoms with Crippen molar-refractivity contribution < 1.29 is 27.5 Å². The van der Waals surface area contributed by atoms with Gasteiger partial charge in [-0.15, -0.1) is 0 Å². The third kappa shape index (κ3) is 2.77. The highest BCUT2D eigenvalue weighted by molar-refractivity contribution is 7.89. The summed E-state index contributed by atoms with van der Waals surface area (Å²) in [5.41, 5.74) is 0.906. The predicted molar refractivity (Wildman–Crippen MR) is 83.6 cm³/mol. The lowest BCUT2D eigenvalue weighted by molar-refractivity contribution is -0.151. The van der Waals surface area contributed by atoms with Crippen molar-refractivity contribution >= 4 is 22.1 Å². The molecule has 0 saturated carbocycles. The smallest absolute Gasteiger partial charge is 0.425 e. The van der Waals surface area contributed by atoms with E-state index in [1.165, 1.54) is 19.1 Å². The zero-order valence-corrected chi connectivity index (χ0v) is 14.0. The zero-order valence-electron chi connectivity index (χ0n) is 13.2. The Balaban J connectivity index is 1.95. The van der Waals surface area contributed by atoms with Crippen LogP contribution >= 0.6 is 0 Å². The molecule has 3 atom stereocenters. The molecule has 1 aromatic rings. The highest BCUT2D eigenvalue weighted by Gasteiger charge is 2.52. The second-order valence-corrected chi connectivity index (χ2v) is 7.58. The van der Waals surface area contributed by atoms with Gasteiger partial charge in [0.25, 0.3) is 10.0 Å². The molecule has 1 aliphatic heterocycles. The van der Waals surface area contributed by atoms with Crippen LogP contribution in [0.15, 0.2) is 41.3 Å². The molecule has 7 nitrogen and oxygen atoms in total. The third-order valence-electron chi connectivity index (χ3n) is 3.99. The quantitative estimate of drug-likeness (QED) is 0.609. The van der Waals surface area contributed by atoms with Crippen LogP contribution in [0.25, 0.3) is 0 Å². The molecule has 0 aromatic heterocycles. The van der Waals surface area contributed by atoms with Crippen LogP contribution in [-0.4, -0.2) is 43.0 Å². The van der Waals surface area contributed by atoms with Crippen LogP contribution in [0.2, 0.25) is 0 Å². The first-order valence-electron chi connectivity index (χ1n) is 7.46. The molecule has 1 heterocycles. The highest BCUT2D eigenvalue weighted by Crippen LogP contribution is 2.34. The molecule has 3 rings (SSSR count). The fraction of sp³-hybridized carbons (Fsp3) is 0.375. The number of benzene rings is 1. The number of ether oxygens (including phenoxy) is 2. The molecule has 2 aliphatic rings. The van der Waals surface area contributed by atoms with Gasteiger partial charge in [0, 0.05) is 13.3 Å². The van der Waals surface area contributed by atoms with E-state index < -0.39 is 40.3 Å². The van der Waals surface area contributed by atoms with Crippen LogP contribution in [0, 0.1) is 6.92 Å². The topological polar surface area (TPSA) is 90.0 Å². The first kappa shape index (κ1) is 16.5. The number of hydrogen-bond donors (Lipinski definition) is 0. The molecule has 1 fully saturated rings. The predicted octanol–water partition coefficient (Wildman–Crippen LogP) is 1.76. The summed E-state index contributed by atoms with van der Waals surface area (Å²) in [7, 11) is -4.06. The minimum absolute atomic E-state index is 0.00806. The van der Waals surface area contributed by atoms with E-state index in [1.807, 2.05) is 6.92 Å². The number of hydrogen-bond acceptors (Lipinski definition) is 6. The Morgan fingerprint density at radius 3 is 2.58 bits per heavy atom. The summed E-state index contributed by atoms with van der Waals surface area (Å²) in [6.45, 7) is 3.09. The standard InChI is InChI=1S/C16H17NO6S/c1-10-6-8-12(9-7-10)24(20,21)17-13-4-3-5-14(22-11(2)18)15(13)23-16(17)19/h3-4,6-9,13-15H,5H2,1-2H3/t13-,14-,15-/m1/s1. The molecule has 0 bridgehead atoms. The Morgan fingerprint density at radius 1 is 1.29 bits per heavy atom. The monoisotopic (exact) mass is 351 g/mol. The van der Waals surface area contributed by atoms with Gasteiger partial charge in [-0.25, -0.2) is 13.2 Å². The number of nitrogens with zero attached hydrogens (tertiary/aromatic N) is 1. The van der Waals surface area contributed by atoms with Gasteiger partial charge in [0.2, 0.25) is 0 Å². The van der Waals surface area contributed by atoms with Crippen LogP contribution < -0.4 is 0 Å². The minimum atomic E-state index is -4.06. The minimum Gasteiger partial charge on any atom is -0.458 e. The second-order valence-electron chi connectivity index (χ2n) is 5.76. The van der Waals surface area contributed by atoms with E-state index in [1.54, 1.807) is 24.3 Å². The van der Waals surface area contributed by atoms with Crippen molar-refractivity contribution in [3.63, 3.8) is 0 Å². The van der Waals surface area contributed by atoms with Gasteiger partial charge in [0.05, 0.1) is 4.90 Å². The average molecular weight is 351 g/mol. The van der Waals surface area contributed by atoms with Crippen LogP contribution in [0.4, 0.5) is 4.79 Å². The van der Waals surface area contributed by atoms with E-state index in [4.69, 9.17) is 9.47 Å². The Hall–Kier alpha value is -2.35. The van der Waals surface area contributed by atoms with Gasteiger partial charge in [-0.3, -0.25) is 4.79 Å². The molecule has 0 unspecified atom stereocenters. The van der Waals surface area contributed by atoms with Crippen molar-refractivity contribution in [1.82, 2.24) is 4.31 Å². The van der Waals surface area contributed by atoms with Crippen molar-refractivity contribution in [3.8, 4) is 0 Å². The summed E-state index contributed by atoms with van der Waals surface area (Å²) in [6, 6.07) is 5.37. The first-order chi connectivity index (χ1) is 11.3. The third-order valence-corrected chi connectivity index (χ3v) is 5.77. The van der Waals surface area contributed by atoms with Gasteiger partial charge in [-0.05, 0) is 19.1 Å². The second kappa shape index (κ2) is 5.94. The van der Waals surface area contributed by atoms with Gasteiger partial charge < -0.3 is 9.47 Å². The fourth-order valence-corrected chi connectivity index (χ4v) is 4.33. The molecule has 8 heteroatoms. The Bertz CT molecular complexity index is 798. The fourth-order valence-electron chi connectivity index (χ4n) is 2.87. The van der Waals surface area contributed by atoms with Gasteiger partial charge >= 0.3 is 12.1 Å². The van der Waals surface area contributed by atoms with Gasteiger partial charge in [-0.2, -0.15) is 4.31 Å². The number of carbonyl (C=O) groups excluding carboxylic acids is 2. The number of carbonyl (C=O) groups is 2. The van der Waals surface area contributed by atoms with Crippen LogP contribution in [-0.2, 0) is 24.3 Å². The molecule has 0 radical (unpaired) electrons. The van der Waals surface area contributed by atoms with E-state index in [0.29, 0.717) is 10.7 Å². The first-order valence-corrected chi connectivity index (χ1v) is 8.90. The molecular formula is C16H17NO6S. The molecular weight excluding hydrogens is 334 g/mol. The average Bonchev–Trinajstić information content (AvgIpc) is 2.85. The number of esters is 1. The Labute approximate surface area is 139 Å². The summed E-state index contributed by atoms with van der Waals surface area (Å²) < 4.78 is 36.7. The van der Waals surface area contributed by atoms with Crippen molar-refractivity contribution in [2.24, 2.45) is 0 Å². The van der Waals surface area contributed by atoms with Crippen molar-refractivity contribution in [2.75, 3.05) is 0 Å². The van der Waals surface area contributed by atoms with Crippen LogP contribution in [0.3, 0.4) is 0 Å². The van der Waals surface area contributed by atoms with E-state index in [2.05, 4.69) is 0 Å². The number of sulfonamides is 1. The SMILES string of the molecule is CC(=O)O[C@@H]1CC=C[C@@H]2[C@H]1OC(=O)N2S(=O)(=O)c1ccc(C)cc1. The Morgan fingerprint density at radius 2 is 1.96 bits per heavy atom. The van der Waals surface area contributed by atoms with Crippen molar-refractivity contribution in [1.29, 1.82) is 0 Å². The lowest BCUT2D eigenvalue weighted by Crippen LogP contribution is -2.46. The summed E-state index contributed by atoms with van der Waals surface area (Å²) in [4.78, 5) is 23.4. The molecule has 128 valence electrons. The summed E-state index contributed by atoms with van der Waals surface area (Å²) >= 11 is 0. The number of rotatable bonds is 3. The van der Waals surface area contributed by atoms with E-state index in [0.717, 1.165) is 5.56 Å². The lowest BCUT2D eigenvalue weighted by atomic mass is 9.97. The molecule has 1 aromatic carbocycles. The van der Waals surface area contributed by atoms with E-state index in [-0.39, 0.29) is 4.90 Å². The van der Waals surface area contributed by atoms with Crippen LogP contribution in [0.1, 0.15) is 18.9 Å². The van der Waals surface area contributed by atoms with Crippen LogP contribution in [0.5, 0.6) is 0 Å². The number of fused-ring (bicyclic) bond motifs is 1. The van der Waals surface area contributed by atoms with Gasteiger partial charge in [-0.1, -0.05) is 29.8 Å². The maximum Gasteiger partial charge on any atom is 0.425 e. The maximum absolute atomic E-state index is 12.8. The largest absolute Gasteiger partial charge is 0.458 e. The van der Waals surface area contributed by atoms with Crippen molar-refractivity contribution in [2.45, 2.75) is 43.4 Å². The molecule has 24 heavy (non-hydrogen) atoms. The van der Waals surface area contributed by atoms with E-state index >= 15 is 0 Å². The molecule has 0 N–H and O–H groups in total. The maximum atomic E-state index is 12.8. The zero-order chi connectivity index (χ0) is 17.5. The van der Waals surface area contributed by atoms with Gasteiger partial charge in [0.15, 0.2) is 6.10 Å². The molecule has 1 amide bonds. The highest BCUT2D eigenvalue weighted by atomic mass is 32.2.